The highest BCUT2D eigenvalue weighted by atomic mass is 15.1. The van der Waals surface area contributed by atoms with Crippen LogP contribution in [0.1, 0.15) is 57.8 Å². The summed E-state index contributed by atoms with van der Waals surface area (Å²) < 4.78 is 0. The van der Waals surface area contributed by atoms with Crippen LogP contribution in [0.3, 0.4) is 0 Å². The molecule has 3 fully saturated rings. The van der Waals surface area contributed by atoms with Crippen LogP contribution < -0.4 is 5.73 Å². The lowest BCUT2D eigenvalue weighted by Gasteiger charge is -2.51. The van der Waals surface area contributed by atoms with Crippen molar-refractivity contribution in [1.82, 2.24) is 4.90 Å². The number of hydrogen-bond donors (Lipinski definition) is 1. The van der Waals surface area contributed by atoms with E-state index in [0.29, 0.717) is 11.5 Å². The maximum atomic E-state index is 5.95. The van der Waals surface area contributed by atoms with Gasteiger partial charge in [-0.3, -0.25) is 0 Å². The topological polar surface area (TPSA) is 29.3 Å². The first-order valence-corrected chi connectivity index (χ1v) is 7.74. The van der Waals surface area contributed by atoms with Crippen molar-refractivity contribution >= 4 is 0 Å². The van der Waals surface area contributed by atoms with Crippen LogP contribution in [0.5, 0.6) is 0 Å². The summed E-state index contributed by atoms with van der Waals surface area (Å²) in [6.07, 6.45) is 12.9. The largest absolute Gasteiger partial charge is 0.328 e. The van der Waals surface area contributed by atoms with E-state index in [1.165, 1.54) is 77.4 Å². The third-order valence-electron chi connectivity index (χ3n) is 5.55. The lowest BCUT2D eigenvalue weighted by atomic mass is 9.60. The fourth-order valence-electron chi connectivity index (χ4n) is 4.41. The maximum absolute atomic E-state index is 5.95. The van der Waals surface area contributed by atoms with Crippen LogP contribution >= 0.6 is 0 Å². The summed E-state index contributed by atoms with van der Waals surface area (Å²) in [5.74, 6) is 1.02. The van der Waals surface area contributed by atoms with Crippen LogP contribution in [0.2, 0.25) is 0 Å². The van der Waals surface area contributed by atoms with Gasteiger partial charge in [0.15, 0.2) is 0 Å². The minimum absolute atomic E-state index is 0.528. The Kier molecular flexibility index (Phi) is 3.45. The zero-order chi connectivity index (χ0) is 11.7. The monoisotopic (exact) mass is 236 g/mol. The first-order chi connectivity index (χ1) is 8.26. The standard InChI is InChI=1S/C15H28N2/c16-14-10-15(11-14)6-8-17(9-7-15)12-13-4-2-1-3-5-13/h13-14H,1-12,16H2. The van der Waals surface area contributed by atoms with E-state index >= 15 is 0 Å². The highest BCUT2D eigenvalue weighted by molar-refractivity contribution is 4.99. The lowest BCUT2D eigenvalue weighted by molar-refractivity contribution is 0.0114. The van der Waals surface area contributed by atoms with E-state index in [4.69, 9.17) is 5.73 Å². The minimum atomic E-state index is 0.528. The highest BCUT2D eigenvalue weighted by Crippen LogP contribution is 2.48. The molecule has 0 bridgehead atoms. The molecule has 3 rings (SSSR count). The average Bonchev–Trinajstić information content (AvgIpc) is 2.32. The van der Waals surface area contributed by atoms with E-state index in [-0.39, 0.29) is 0 Å². The van der Waals surface area contributed by atoms with Gasteiger partial charge in [0.25, 0.3) is 0 Å². The third-order valence-corrected chi connectivity index (χ3v) is 5.55. The summed E-state index contributed by atoms with van der Waals surface area (Å²) in [6.45, 7) is 4.09. The smallest absolute Gasteiger partial charge is 0.00494 e. The first-order valence-electron chi connectivity index (χ1n) is 7.74. The van der Waals surface area contributed by atoms with Gasteiger partial charge in [0, 0.05) is 12.6 Å². The molecule has 0 atom stereocenters. The average molecular weight is 236 g/mol. The number of nitrogens with two attached hydrogens (primary N) is 1. The van der Waals surface area contributed by atoms with E-state index in [9.17, 15) is 0 Å². The number of likely N-dealkylation sites (tertiary alicyclic amines) is 1. The molecular formula is C15H28N2. The molecular weight excluding hydrogens is 208 g/mol. The van der Waals surface area contributed by atoms with E-state index in [1.54, 1.807) is 0 Å². The minimum Gasteiger partial charge on any atom is -0.328 e. The molecule has 0 radical (unpaired) electrons. The fraction of sp³-hybridized carbons (Fsp3) is 1.00. The SMILES string of the molecule is NC1CC2(CCN(CC3CCCCC3)CC2)C1. The van der Waals surface area contributed by atoms with Gasteiger partial charge in [-0.25, -0.2) is 0 Å². The van der Waals surface area contributed by atoms with Crippen molar-refractivity contribution < 1.29 is 0 Å². The van der Waals surface area contributed by atoms with Crippen LogP contribution in [-0.2, 0) is 0 Å². The maximum Gasteiger partial charge on any atom is 0.00494 e. The van der Waals surface area contributed by atoms with Crippen molar-refractivity contribution in [2.75, 3.05) is 19.6 Å². The van der Waals surface area contributed by atoms with Crippen molar-refractivity contribution in [3.63, 3.8) is 0 Å². The van der Waals surface area contributed by atoms with Crippen LogP contribution in [0, 0.1) is 11.3 Å². The van der Waals surface area contributed by atoms with Crippen molar-refractivity contribution in [3.05, 3.63) is 0 Å². The molecule has 2 heteroatoms. The molecule has 98 valence electrons. The Bertz CT molecular complexity index is 242. The van der Waals surface area contributed by atoms with Gasteiger partial charge in [0.1, 0.15) is 0 Å². The van der Waals surface area contributed by atoms with Crippen LogP contribution in [0.15, 0.2) is 0 Å². The van der Waals surface area contributed by atoms with Gasteiger partial charge < -0.3 is 10.6 Å². The molecule has 2 N–H and O–H groups in total. The second-order valence-electron chi connectivity index (χ2n) is 6.97. The third kappa shape index (κ3) is 2.68. The van der Waals surface area contributed by atoms with Gasteiger partial charge in [0.05, 0.1) is 0 Å². The van der Waals surface area contributed by atoms with Crippen LogP contribution in [0.25, 0.3) is 0 Å². The summed E-state index contributed by atoms with van der Waals surface area (Å²) in [7, 11) is 0. The van der Waals surface area contributed by atoms with Crippen LogP contribution in [0.4, 0.5) is 0 Å². The molecule has 3 aliphatic rings. The molecule has 2 aliphatic carbocycles. The molecule has 2 nitrogen and oxygen atoms in total. The molecule has 0 aromatic heterocycles. The summed E-state index contributed by atoms with van der Waals surface area (Å²) in [6, 6.07) is 0.528. The summed E-state index contributed by atoms with van der Waals surface area (Å²) in [5, 5.41) is 0. The summed E-state index contributed by atoms with van der Waals surface area (Å²) in [4.78, 5) is 2.74. The summed E-state index contributed by atoms with van der Waals surface area (Å²) >= 11 is 0. The van der Waals surface area contributed by atoms with Gasteiger partial charge in [-0.05, 0) is 62.9 Å². The second kappa shape index (κ2) is 4.89. The lowest BCUT2D eigenvalue weighted by Crippen LogP contribution is -2.52. The predicted molar refractivity (Wildman–Crippen MR) is 71.9 cm³/mol. The fourth-order valence-corrected chi connectivity index (χ4v) is 4.41. The van der Waals surface area contributed by atoms with Gasteiger partial charge >= 0.3 is 0 Å². The Balaban J connectivity index is 1.42. The Labute approximate surface area is 106 Å². The Morgan fingerprint density at radius 2 is 1.65 bits per heavy atom. The van der Waals surface area contributed by atoms with Crippen molar-refractivity contribution in [2.24, 2.45) is 17.1 Å². The molecule has 1 saturated heterocycles. The first kappa shape index (κ1) is 12.0. The van der Waals surface area contributed by atoms with Crippen LogP contribution in [-0.4, -0.2) is 30.6 Å². The molecule has 2 saturated carbocycles. The summed E-state index contributed by atoms with van der Waals surface area (Å²) in [5.41, 5.74) is 6.64. The number of rotatable bonds is 2. The number of piperidine rings is 1. The Hall–Kier alpha value is -0.0800. The van der Waals surface area contributed by atoms with Crippen molar-refractivity contribution in [2.45, 2.75) is 63.8 Å². The molecule has 1 spiro atoms. The molecule has 0 amide bonds. The number of hydrogen-bond acceptors (Lipinski definition) is 2. The molecule has 0 aromatic carbocycles. The van der Waals surface area contributed by atoms with E-state index in [2.05, 4.69) is 4.90 Å². The van der Waals surface area contributed by atoms with Gasteiger partial charge in [-0.15, -0.1) is 0 Å². The van der Waals surface area contributed by atoms with Gasteiger partial charge in [0.2, 0.25) is 0 Å². The Morgan fingerprint density at radius 1 is 1.00 bits per heavy atom. The zero-order valence-corrected chi connectivity index (χ0v) is 11.2. The Morgan fingerprint density at radius 3 is 2.24 bits per heavy atom. The van der Waals surface area contributed by atoms with Crippen molar-refractivity contribution in [3.8, 4) is 0 Å². The van der Waals surface area contributed by atoms with E-state index in [1.807, 2.05) is 0 Å². The predicted octanol–water partition coefficient (Wildman–Crippen LogP) is 2.77. The quantitative estimate of drug-likeness (QED) is 0.799. The molecule has 0 aromatic rings. The van der Waals surface area contributed by atoms with E-state index < -0.39 is 0 Å². The highest BCUT2D eigenvalue weighted by Gasteiger charge is 2.44. The molecule has 0 unspecified atom stereocenters. The van der Waals surface area contributed by atoms with Gasteiger partial charge in [-0.1, -0.05) is 19.3 Å². The van der Waals surface area contributed by atoms with E-state index in [0.717, 1.165) is 5.92 Å². The molecule has 17 heavy (non-hydrogen) atoms. The van der Waals surface area contributed by atoms with Gasteiger partial charge in [-0.2, -0.15) is 0 Å². The zero-order valence-electron chi connectivity index (χ0n) is 11.2. The molecule has 1 heterocycles. The van der Waals surface area contributed by atoms with Crippen molar-refractivity contribution in [1.29, 1.82) is 0 Å². The number of nitrogens with zero attached hydrogens (tertiary/aromatic N) is 1. The second-order valence-corrected chi connectivity index (χ2v) is 6.97. The normalized spacial score (nSPS) is 31.6. The molecule has 1 aliphatic heterocycles.